The third-order valence-corrected chi connectivity index (χ3v) is 5.35. The average molecular weight is 526 g/mol. The third kappa shape index (κ3) is 6.58. The number of benzene rings is 1. The van der Waals surface area contributed by atoms with Crippen LogP contribution in [0.15, 0.2) is 34.1 Å². The van der Waals surface area contributed by atoms with Crippen molar-refractivity contribution < 1.29 is 0 Å². The number of aromatic nitrogens is 3. The normalized spacial score (nSPS) is 14.6. The molecule has 1 unspecified atom stereocenters. The minimum absolute atomic E-state index is 0. The van der Waals surface area contributed by atoms with E-state index in [-0.39, 0.29) is 29.7 Å². The van der Waals surface area contributed by atoms with Gasteiger partial charge in [-0.15, -0.1) is 24.0 Å². The van der Waals surface area contributed by atoms with Crippen molar-refractivity contribution in [3.8, 4) is 0 Å². The van der Waals surface area contributed by atoms with Gasteiger partial charge in [-0.25, -0.2) is 9.48 Å². The summed E-state index contributed by atoms with van der Waals surface area (Å²) in [4.78, 5) is 17.1. The highest BCUT2D eigenvalue weighted by molar-refractivity contribution is 14.0. The van der Waals surface area contributed by atoms with Crippen LogP contribution in [0.25, 0.3) is 0 Å². The second-order valence-electron chi connectivity index (χ2n) is 7.85. The Morgan fingerprint density at radius 1 is 1.30 bits per heavy atom. The van der Waals surface area contributed by atoms with E-state index in [9.17, 15) is 4.79 Å². The largest absolute Gasteiger partial charge is 0.357 e. The van der Waals surface area contributed by atoms with Crippen LogP contribution >= 0.6 is 24.0 Å². The van der Waals surface area contributed by atoms with Crippen molar-refractivity contribution in [2.45, 2.75) is 65.5 Å². The molecule has 1 aliphatic rings. The molecule has 1 atom stereocenters. The van der Waals surface area contributed by atoms with E-state index in [0.29, 0.717) is 12.5 Å². The highest BCUT2D eigenvalue weighted by atomic mass is 127. The minimum atomic E-state index is 0. The maximum absolute atomic E-state index is 12.4. The number of nitrogens with one attached hydrogen (secondary N) is 2. The first kappa shape index (κ1) is 24.4. The van der Waals surface area contributed by atoms with Gasteiger partial charge in [0.2, 0.25) is 0 Å². The zero-order valence-electron chi connectivity index (χ0n) is 18.4. The summed E-state index contributed by atoms with van der Waals surface area (Å²) in [5.74, 6) is 2.12. The predicted octanol–water partition coefficient (Wildman–Crippen LogP) is 3.06. The number of hydrogen-bond acceptors (Lipinski definition) is 3. The molecule has 0 amide bonds. The van der Waals surface area contributed by atoms with Gasteiger partial charge in [0.05, 0.1) is 0 Å². The van der Waals surface area contributed by atoms with Crippen molar-refractivity contribution in [2.24, 2.45) is 4.99 Å². The van der Waals surface area contributed by atoms with Crippen molar-refractivity contribution in [2.75, 3.05) is 19.6 Å². The summed E-state index contributed by atoms with van der Waals surface area (Å²) in [7, 11) is 0. The maximum atomic E-state index is 12.4. The summed E-state index contributed by atoms with van der Waals surface area (Å²) >= 11 is 0. The van der Waals surface area contributed by atoms with Crippen LogP contribution in [0.1, 0.15) is 56.0 Å². The number of halogens is 1. The first-order chi connectivity index (χ1) is 14.1. The Morgan fingerprint density at radius 3 is 2.87 bits per heavy atom. The molecule has 0 saturated heterocycles. The van der Waals surface area contributed by atoms with Crippen molar-refractivity contribution in [3.05, 3.63) is 51.7 Å². The van der Waals surface area contributed by atoms with Crippen molar-refractivity contribution in [1.29, 1.82) is 0 Å². The third-order valence-electron chi connectivity index (χ3n) is 5.35. The van der Waals surface area contributed by atoms with Gasteiger partial charge in [0, 0.05) is 45.1 Å². The SMILES string of the molecule is CCNC(=NCC(C)c1cccc(C)c1)NCCCn1nc2n(c1=O)CCCC2.I. The lowest BCUT2D eigenvalue weighted by Gasteiger charge is -2.14. The van der Waals surface area contributed by atoms with Crippen molar-refractivity contribution >= 4 is 29.9 Å². The van der Waals surface area contributed by atoms with Crippen LogP contribution in [-0.2, 0) is 19.5 Å². The summed E-state index contributed by atoms with van der Waals surface area (Å²) in [6.07, 6.45) is 3.94. The Bertz CT molecular complexity index is 888. The van der Waals surface area contributed by atoms with E-state index >= 15 is 0 Å². The lowest BCUT2D eigenvalue weighted by Crippen LogP contribution is -2.38. The summed E-state index contributed by atoms with van der Waals surface area (Å²) in [6, 6.07) is 8.61. The lowest BCUT2D eigenvalue weighted by molar-refractivity contribution is 0.509. The first-order valence-electron chi connectivity index (χ1n) is 10.8. The van der Waals surface area contributed by atoms with Crippen LogP contribution in [0, 0.1) is 6.92 Å². The standard InChI is InChI=1S/C22H34N6O.HI/c1-4-23-21(25-16-18(3)19-10-7-9-17(2)15-19)24-12-8-14-28-22(29)27-13-6-5-11-20(27)26-28;/h7,9-10,15,18H,4-6,8,11-14,16H2,1-3H3,(H2,23,24,25);1H. The van der Waals surface area contributed by atoms with Gasteiger partial charge in [0.1, 0.15) is 5.82 Å². The second kappa shape index (κ2) is 12.1. The molecular weight excluding hydrogens is 491 g/mol. The summed E-state index contributed by atoms with van der Waals surface area (Å²) in [5.41, 5.74) is 2.62. The number of nitrogens with zero attached hydrogens (tertiary/aromatic N) is 4. The Kier molecular flexibility index (Phi) is 9.87. The molecule has 3 rings (SSSR count). The number of fused-ring (bicyclic) bond motifs is 1. The predicted molar refractivity (Wildman–Crippen MR) is 133 cm³/mol. The van der Waals surface area contributed by atoms with Crippen LogP contribution in [-0.4, -0.2) is 39.9 Å². The van der Waals surface area contributed by atoms with Gasteiger partial charge in [0.15, 0.2) is 5.96 Å². The molecule has 7 nitrogen and oxygen atoms in total. The van der Waals surface area contributed by atoms with Gasteiger partial charge in [-0.3, -0.25) is 9.56 Å². The molecule has 0 bridgehead atoms. The van der Waals surface area contributed by atoms with E-state index in [0.717, 1.165) is 63.6 Å². The van der Waals surface area contributed by atoms with Gasteiger partial charge in [-0.1, -0.05) is 36.8 Å². The number of hydrogen-bond donors (Lipinski definition) is 2. The van der Waals surface area contributed by atoms with E-state index < -0.39 is 0 Å². The fourth-order valence-electron chi connectivity index (χ4n) is 3.68. The molecule has 0 spiro atoms. The summed E-state index contributed by atoms with van der Waals surface area (Å²) < 4.78 is 3.45. The van der Waals surface area contributed by atoms with Gasteiger partial charge in [-0.05, 0) is 38.7 Å². The molecule has 0 radical (unpaired) electrons. The van der Waals surface area contributed by atoms with Gasteiger partial charge in [0.25, 0.3) is 0 Å². The van der Waals surface area contributed by atoms with Crippen molar-refractivity contribution in [1.82, 2.24) is 25.0 Å². The molecule has 2 N–H and O–H groups in total. The maximum Gasteiger partial charge on any atom is 0.345 e. The topological polar surface area (TPSA) is 76.2 Å². The van der Waals surface area contributed by atoms with Crippen LogP contribution in [0.4, 0.5) is 0 Å². The molecule has 1 aromatic carbocycles. The quantitative estimate of drug-likeness (QED) is 0.240. The molecule has 0 aliphatic carbocycles. The van der Waals surface area contributed by atoms with Crippen molar-refractivity contribution in [3.63, 3.8) is 0 Å². The zero-order valence-corrected chi connectivity index (χ0v) is 20.7. The molecule has 166 valence electrons. The van der Waals surface area contributed by atoms with Crippen LogP contribution in [0.3, 0.4) is 0 Å². The molecule has 2 heterocycles. The Hall–Kier alpha value is -1.84. The first-order valence-corrected chi connectivity index (χ1v) is 10.8. The number of aliphatic imine (C=N–C) groups is 1. The smallest absolute Gasteiger partial charge is 0.345 e. The van der Waals surface area contributed by atoms with E-state index in [1.807, 2.05) is 4.57 Å². The highest BCUT2D eigenvalue weighted by Gasteiger charge is 2.16. The van der Waals surface area contributed by atoms with E-state index in [1.54, 1.807) is 4.68 Å². The van der Waals surface area contributed by atoms with E-state index in [4.69, 9.17) is 4.99 Å². The Morgan fingerprint density at radius 2 is 2.13 bits per heavy atom. The van der Waals surface area contributed by atoms with Gasteiger partial charge < -0.3 is 10.6 Å². The van der Waals surface area contributed by atoms with Gasteiger partial charge >= 0.3 is 5.69 Å². The van der Waals surface area contributed by atoms with E-state index in [2.05, 4.69) is 60.8 Å². The fraction of sp³-hybridized carbons (Fsp3) is 0.591. The second-order valence-corrected chi connectivity index (χ2v) is 7.85. The molecule has 2 aromatic rings. The van der Waals surface area contributed by atoms with Crippen LogP contribution in [0.2, 0.25) is 0 Å². The molecule has 8 heteroatoms. The number of rotatable bonds is 8. The van der Waals surface area contributed by atoms with Crippen LogP contribution < -0.4 is 16.3 Å². The molecule has 0 saturated carbocycles. The van der Waals surface area contributed by atoms with Gasteiger partial charge in [-0.2, -0.15) is 5.10 Å². The number of guanidine groups is 1. The molecule has 30 heavy (non-hydrogen) atoms. The summed E-state index contributed by atoms with van der Waals surface area (Å²) in [6.45, 7) is 10.1. The molecule has 1 aromatic heterocycles. The lowest BCUT2D eigenvalue weighted by atomic mass is 10.00. The van der Waals surface area contributed by atoms with E-state index in [1.165, 1.54) is 11.1 Å². The fourth-order valence-corrected chi connectivity index (χ4v) is 3.68. The average Bonchev–Trinajstić information content (AvgIpc) is 3.05. The number of aryl methyl sites for hydroxylation is 3. The molecular formula is C22H35IN6O. The summed E-state index contributed by atoms with van der Waals surface area (Å²) in [5, 5.41) is 11.2. The zero-order chi connectivity index (χ0) is 20.6. The molecule has 0 fully saturated rings. The molecule has 1 aliphatic heterocycles. The minimum Gasteiger partial charge on any atom is -0.357 e. The highest BCUT2D eigenvalue weighted by Crippen LogP contribution is 2.16. The Balaban J connectivity index is 0.00000320. The Labute approximate surface area is 196 Å². The van der Waals surface area contributed by atoms with Crippen LogP contribution in [0.5, 0.6) is 0 Å². The monoisotopic (exact) mass is 526 g/mol.